The van der Waals surface area contributed by atoms with Crippen LogP contribution in [-0.4, -0.2) is 46.1 Å². The second-order valence-electron chi connectivity index (χ2n) is 7.17. The van der Waals surface area contributed by atoms with Crippen molar-refractivity contribution in [2.75, 3.05) is 7.11 Å². The molecular formula is C20H22N2O4S. The molecule has 1 aliphatic heterocycles. The summed E-state index contributed by atoms with van der Waals surface area (Å²) in [4.78, 5) is 31.4. The maximum absolute atomic E-state index is 13.2. The van der Waals surface area contributed by atoms with Crippen LogP contribution in [0.15, 0.2) is 30.5 Å². The van der Waals surface area contributed by atoms with E-state index in [-0.39, 0.29) is 11.9 Å². The quantitative estimate of drug-likeness (QED) is 0.867. The first-order chi connectivity index (χ1) is 13.1. The molecule has 4 rings (SSSR count). The van der Waals surface area contributed by atoms with E-state index in [2.05, 4.69) is 4.98 Å². The number of aromatic nitrogens is 1. The number of nitrogens with zero attached hydrogens (tertiary/aromatic N) is 2. The van der Waals surface area contributed by atoms with Gasteiger partial charge in [0.1, 0.15) is 21.7 Å². The SMILES string of the molecule is COc1ccc(-c2ncc(C(=O)N3C(C(=O)O)CC4CCCCC43)s2)cc1. The zero-order valence-electron chi connectivity index (χ0n) is 15.1. The zero-order valence-corrected chi connectivity index (χ0v) is 15.9. The van der Waals surface area contributed by atoms with Crippen molar-refractivity contribution in [3.8, 4) is 16.3 Å². The highest BCUT2D eigenvalue weighted by Gasteiger charge is 2.48. The number of hydrogen-bond acceptors (Lipinski definition) is 5. The molecule has 1 aromatic carbocycles. The second-order valence-corrected chi connectivity index (χ2v) is 8.20. The van der Waals surface area contributed by atoms with Crippen LogP contribution in [0.2, 0.25) is 0 Å². The van der Waals surface area contributed by atoms with Crippen molar-refractivity contribution >= 4 is 23.2 Å². The van der Waals surface area contributed by atoms with Crippen molar-refractivity contribution in [1.82, 2.24) is 9.88 Å². The fourth-order valence-electron chi connectivity index (χ4n) is 4.34. The Morgan fingerprint density at radius 1 is 1.22 bits per heavy atom. The van der Waals surface area contributed by atoms with Gasteiger partial charge in [0.15, 0.2) is 0 Å². The van der Waals surface area contributed by atoms with Gasteiger partial charge in [0.25, 0.3) is 5.91 Å². The van der Waals surface area contributed by atoms with E-state index in [9.17, 15) is 14.7 Å². The van der Waals surface area contributed by atoms with Crippen LogP contribution in [0.4, 0.5) is 0 Å². The summed E-state index contributed by atoms with van der Waals surface area (Å²) in [5.41, 5.74) is 0.909. The number of carboxylic acid groups (broad SMARTS) is 1. The predicted octanol–water partition coefficient (Wildman–Crippen LogP) is 3.68. The van der Waals surface area contributed by atoms with Crippen molar-refractivity contribution in [3.05, 3.63) is 35.3 Å². The van der Waals surface area contributed by atoms with Gasteiger partial charge in [-0.2, -0.15) is 0 Å². The molecule has 1 saturated heterocycles. The average molecular weight is 386 g/mol. The average Bonchev–Trinajstić information content (AvgIpc) is 3.33. The number of methoxy groups -OCH3 is 1. The molecule has 7 heteroatoms. The number of hydrogen-bond donors (Lipinski definition) is 1. The molecule has 2 aliphatic rings. The largest absolute Gasteiger partial charge is 0.497 e. The summed E-state index contributed by atoms with van der Waals surface area (Å²) in [5, 5.41) is 10.4. The Bertz CT molecular complexity index is 848. The number of carbonyl (C=O) groups is 2. The summed E-state index contributed by atoms with van der Waals surface area (Å²) in [6.07, 6.45) is 6.22. The first kappa shape index (κ1) is 18.0. The fraction of sp³-hybridized carbons (Fsp3) is 0.450. The number of ether oxygens (including phenoxy) is 1. The Morgan fingerprint density at radius 2 is 1.96 bits per heavy atom. The third-order valence-corrected chi connectivity index (χ3v) is 6.70. The first-order valence-electron chi connectivity index (χ1n) is 9.24. The molecule has 2 aromatic rings. The highest BCUT2D eigenvalue weighted by molar-refractivity contribution is 7.16. The van der Waals surface area contributed by atoms with Crippen molar-refractivity contribution in [1.29, 1.82) is 0 Å². The Balaban J connectivity index is 1.59. The number of benzene rings is 1. The number of amides is 1. The maximum Gasteiger partial charge on any atom is 0.326 e. The lowest BCUT2D eigenvalue weighted by Crippen LogP contribution is -2.46. The minimum Gasteiger partial charge on any atom is -0.497 e. The molecular weight excluding hydrogens is 364 g/mol. The minimum absolute atomic E-state index is 0.0406. The van der Waals surface area contributed by atoms with E-state index in [1.165, 1.54) is 11.3 Å². The molecule has 1 amide bonds. The molecule has 1 aromatic heterocycles. The van der Waals surface area contributed by atoms with Gasteiger partial charge in [-0.1, -0.05) is 12.8 Å². The molecule has 142 valence electrons. The number of aliphatic carboxylic acids is 1. The molecule has 2 heterocycles. The van der Waals surface area contributed by atoms with Gasteiger partial charge in [0.05, 0.1) is 13.3 Å². The molecule has 0 bridgehead atoms. The van der Waals surface area contributed by atoms with Crippen LogP contribution in [0.25, 0.3) is 10.6 Å². The molecule has 0 spiro atoms. The summed E-state index contributed by atoms with van der Waals surface area (Å²) in [6.45, 7) is 0. The molecule has 3 atom stereocenters. The zero-order chi connectivity index (χ0) is 19.0. The molecule has 0 radical (unpaired) electrons. The van der Waals surface area contributed by atoms with Crippen molar-refractivity contribution in [3.63, 3.8) is 0 Å². The summed E-state index contributed by atoms with van der Waals surface area (Å²) in [7, 11) is 1.61. The van der Waals surface area contributed by atoms with Crippen LogP contribution in [0.5, 0.6) is 5.75 Å². The van der Waals surface area contributed by atoms with Crippen LogP contribution < -0.4 is 4.74 Å². The van der Waals surface area contributed by atoms with Gasteiger partial charge in [-0.3, -0.25) is 4.79 Å². The van der Waals surface area contributed by atoms with Gasteiger partial charge >= 0.3 is 5.97 Å². The van der Waals surface area contributed by atoms with Gasteiger partial charge in [-0.05, 0) is 49.4 Å². The number of carboxylic acids is 1. The van der Waals surface area contributed by atoms with Crippen LogP contribution in [0, 0.1) is 5.92 Å². The third-order valence-electron chi connectivity index (χ3n) is 5.66. The van der Waals surface area contributed by atoms with Crippen LogP contribution in [0.1, 0.15) is 41.8 Å². The molecule has 6 nitrogen and oxygen atoms in total. The van der Waals surface area contributed by atoms with Crippen molar-refractivity contribution < 1.29 is 19.4 Å². The van der Waals surface area contributed by atoms with Crippen LogP contribution in [-0.2, 0) is 4.79 Å². The number of likely N-dealkylation sites (tertiary alicyclic amines) is 1. The highest BCUT2D eigenvalue weighted by Crippen LogP contribution is 2.41. The van der Waals surface area contributed by atoms with E-state index in [1.54, 1.807) is 18.2 Å². The molecule has 2 fully saturated rings. The van der Waals surface area contributed by atoms with Crippen LogP contribution >= 0.6 is 11.3 Å². The van der Waals surface area contributed by atoms with Gasteiger partial charge in [-0.25, -0.2) is 9.78 Å². The van der Waals surface area contributed by atoms with Gasteiger partial charge in [0, 0.05) is 11.6 Å². The minimum atomic E-state index is -0.905. The number of fused-ring (bicyclic) bond motifs is 1. The fourth-order valence-corrected chi connectivity index (χ4v) is 5.21. The van der Waals surface area contributed by atoms with Crippen LogP contribution in [0.3, 0.4) is 0 Å². The molecule has 3 unspecified atom stereocenters. The second kappa shape index (κ2) is 7.31. The molecule has 1 saturated carbocycles. The predicted molar refractivity (Wildman–Crippen MR) is 102 cm³/mol. The molecule has 1 N–H and O–H groups in total. The van der Waals surface area contributed by atoms with E-state index in [1.807, 2.05) is 24.3 Å². The van der Waals surface area contributed by atoms with E-state index in [4.69, 9.17) is 4.74 Å². The monoisotopic (exact) mass is 386 g/mol. The third kappa shape index (κ3) is 3.32. The van der Waals surface area contributed by atoms with E-state index >= 15 is 0 Å². The Hall–Kier alpha value is -2.41. The highest BCUT2D eigenvalue weighted by atomic mass is 32.1. The van der Waals surface area contributed by atoms with Crippen molar-refractivity contribution in [2.45, 2.75) is 44.2 Å². The Labute approximate surface area is 161 Å². The summed E-state index contributed by atoms with van der Waals surface area (Å²) < 4.78 is 5.17. The van der Waals surface area contributed by atoms with Gasteiger partial charge in [0.2, 0.25) is 0 Å². The lowest BCUT2D eigenvalue weighted by Gasteiger charge is -2.32. The topological polar surface area (TPSA) is 79.7 Å². The van der Waals surface area contributed by atoms with Crippen molar-refractivity contribution in [2.24, 2.45) is 5.92 Å². The molecule has 1 aliphatic carbocycles. The Morgan fingerprint density at radius 3 is 2.67 bits per heavy atom. The summed E-state index contributed by atoms with van der Waals surface area (Å²) in [5.74, 6) is -0.0409. The first-order valence-corrected chi connectivity index (χ1v) is 10.1. The lowest BCUT2D eigenvalue weighted by atomic mass is 9.85. The van der Waals surface area contributed by atoms with E-state index in [0.29, 0.717) is 17.2 Å². The summed E-state index contributed by atoms with van der Waals surface area (Å²) in [6, 6.07) is 6.83. The van der Waals surface area contributed by atoms with E-state index in [0.717, 1.165) is 42.0 Å². The molecule has 27 heavy (non-hydrogen) atoms. The summed E-state index contributed by atoms with van der Waals surface area (Å²) >= 11 is 1.31. The number of carbonyl (C=O) groups excluding carboxylic acids is 1. The van der Waals surface area contributed by atoms with Gasteiger partial charge in [-0.15, -0.1) is 11.3 Å². The number of thiazole rings is 1. The van der Waals surface area contributed by atoms with E-state index < -0.39 is 12.0 Å². The maximum atomic E-state index is 13.2. The van der Waals surface area contributed by atoms with Gasteiger partial charge < -0.3 is 14.7 Å². The number of rotatable bonds is 4. The standard InChI is InChI=1S/C20H22N2O4S/c1-26-14-8-6-12(7-9-14)18-21-11-17(27-18)19(23)22-15-5-3-2-4-13(15)10-16(22)20(24)25/h6-9,11,13,15-16H,2-5,10H2,1H3,(H,24,25). The smallest absolute Gasteiger partial charge is 0.326 e. The normalized spacial score (nSPS) is 24.5. The lowest BCUT2D eigenvalue weighted by molar-refractivity contribution is -0.141. The Kier molecular flexibility index (Phi) is 4.86.